The summed E-state index contributed by atoms with van der Waals surface area (Å²) in [5.74, 6) is -1.62. The molecule has 8 heteroatoms. The number of rotatable bonds is 4. The highest BCUT2D eigenvalue weighted by atomic mass is 16.5. The number of aromatic carboxylic acids is 1. The fourth-order valence-electron chi connectivity index (χ4n) is 2.83. The minimum Gasteiger partial charge on any atom is -0.507 e. The molecule has 0 saturated carbocycles. The number of carbonyl (C=O) groups is 2. The third-order valence-electron chi connectivity index (χ3n) is 4.08. The van der Waals surface area contributed by atoms with Gasteiger partial charge in [0.1, 0.15) is 23.2 Å². The maximum absolute atomic E-state index is 12.2. The molecule has 2 atom stereocenters. The molecule has 0 radical (unpaired) electrons. The van der Waals surface area contributed by atoms with Crippen molar-refractivity contribution in [3.05, 3.63) is 23.8 Å². The Morgan fingerprint density at radius 1 is 1.30 bits per heavy atom. The number of aliphatic hydroxyl groups excluding tert-OH is 1. The molecule has 1 aromatic carbocycles. The second-order valence-electron chi connectivity index (χ2n) is 5.79. The predicted octanol–water partition coefficient (Wildman–Crippen LogP) is -0.597. The Bertz CT molecular complexity index is 628. The van der Waals surface area contributed by atoms with Crippen molar-refractivity contribution in [2.24, 2.45) is 0 Å². The molecule has 2 aliphatic rings. The van der Waals surface area contributed by atoms with E-state index in [4.69, 9.17) is 9.84 Å². The summed E-state index contributed by atoms with van der Waals surface area (Å²) in [5.41, 5.74) is -0.280. The molecule has 124 valence electrons. The van der Waals surface area contributed by atoms with Crippen LogP contribution in [0.5, 0.6) is 11.5 Å². The molecule has 2 fully saturated rings. The summed E-state index contributed by atoms with van der Waals surface area (Å²) in [6, 6.07) is 3.89. The third kappa shape index (κ3) is 3.08. The Kier molecular flexibility index (Phi) is 4.10. The standard InChI is InChI=1S/C15H18N2O6/c18-8-4-10(16-5-8)14(20)17-6-9(7-17)23-12-3-1-2-11(19)13(12)15(21)22/h1-3,8-10,16,18-19H,4-7H2,(H,21,22)/t8-,10+/m1/s1. The molecule has 1 aromatic rings. The highest BCUT2D eigenvalue weighted by molar-refractivity contribution is 5.94. The molecule has 0 unspecified atom stereocenters. The van der Waals surface area contributed by atoms with Crippen LogP contribution in [0, 0.1) is 0 Å². The van der Waals surface area contributed by atoms with E-state index in [9.17, 15) is 19.8 Å². The number of benzene rings is 1. The number of nitrogens with one attached hydrogen (secondary N) is 1. The van der Waals surface area contributed by atoms with Crippen LogP contribution >= 0.6 is 0 Å². The second-order valence-corrected chi connectivity index (χ2v) is 5.79. The van der Waals surface area contributed by atoms with Gasteiger partial charge in [0, 0.05) is 6.54 Å². The number of hydrogen-bond acceptors (Lipinski definition) is 6. The van der Waals surface area contributed by atoms with Gasteiger partial charge in [-0.2, -0.15) is 0 Å². The zero-order valence-electron chi connectivity index (χ0n) is 12.3. The maximum atomic E-state index is 12.2. The van der Waals surface area contributed by atoms with E-state index in [2.05, 4.69) is 5.32 Å². The number of hydrogen-bond donors (Lipinski definition) is 4. The smallest absolute Gasteiger partial charge is 0.343 e. The summed E-state index contributed by atoms with van der Waals surface area (Å²) < 4.78 is 5.58. The summed E-state index contributed by atoms with van der Waals surface area (Å²) >= 11 is 0. The first-order valence-corrected chi connectivity index (χ1v) is 7.38. The molecule has 2 aliphatic heterocycles. The number of carboxylic acids is 1. The molecule has 0 aliphatic carbocycles. The molecular formula is C15H18N2O6. The zero-order chi connectivity index (χ0) is 16.6. The van der Waals surface area contributed by atoms with Crippen LogP contribution in [-0.2, 0) is 4.79 Å². The molecule has 0 bridgehead atoms. The first kappa shape index (κ1) is 15.6. The van der Waals surface area contributed by atoms with E-state index >= 15 is 0 Å². The highest BCUT2D eigenvalue weighted by Gasteiger charge is 2.38. The Hall–Kier alpha value is -2.32. The summed E-state index contributed by atoms with van der Waals surface area (Å²) in [4.78, 5) is 24.9. The molecule has 3 rings (SSSR count). The molecule has 2 heterocycles. The SMILES string of the molecule is O=C(O)c1c(O)cccc1OC1CN(C(=O)[C@@H]2C[C@@H](O)CN2)C1. The van der Waals surface area contributed by atoms with Gasteiger partial charge < -0.3 is 30.3 Å². The fourth-order valence-corrected chi connectivity index (χ4v) is 2.83. The summed E-state index contributed by atoms with van der Waals surface area (Å²) in [7, 11) is 0. The number of aromatic hydroxyl groups is 1. The number of ether oxygens (including phenoxy) is 1. The maximum Gasteiger partial charge on any atom is 0.343 e. The molecule has 2 saturated heterocycles. The van der Waals surface area contributed by atoms with Crippen molar-refractivity contribution in [2.75, 3.05) is 19.6 Å². The number of β-amino-alcohol motifs (C(OH)–C–C–N with tert-alkyl or cyclic N) is 1. The van der Waals surface area contributed by atoms with Crippen molar-refractivity contribution in [2.45, 2.75) is 24.7 Å². The van der Waals surface area contributed by atoms with E-state index in [0.29, 0.717) is 26.1 Å². The summed E-state index contributed by atoms with van der Waals surface area (Å²) in [6.07, 6.45) is -0.413. The normalized spacial score (nSPS) is 24.3. The average Bonchev–Trinajstić information content (AvgIpc) is 2.88. The van der Waals surface area contributed by atoms with Crippen LogP contribution in [0.1, 0.15) is 16.8 Å². The lowest BCUT2D eigenvalue weighted by molar-refractivity contribution is -0.142. The van der Waals surface area contributed by atoms with Gasteiger partial charge in [0.05, 0.1) is 25.2 Å². The third-order valence-corrected chi connectivity index (χ3v) is 4.08. The minimum atomic E-state index is -1.27. The van der Waals surface area contributed by atoms with Crippen LogP contribution in [0.15, 0.2) is 18.2 Å². The molecule has 1 amide bonds. The molecule has 23 heavy (non-hydrogen) atoms. The number of carbonyl (C=O) groups excluding carboxylic acids is 1. The summed E-state index contributed by atoms with van der Waals surface area (Å²) in [6.45, 7) is 1.11. The Labute approximate surface area is 132 Å². The van der Waals surface area contributed by atoms with Crippen molar-refractivity contribution >= 4 is 11.9 Å². The first-order valence-electron chi connectivity index (χ1n) is 7.38. The van der Waals surface area contributed by atoms with Gasteiger partial charge in [-0.25, -0.2) is 4.79 Å². The van der Waals surface area contributed by atoms with Gasteiger partial charge in [0.15, 0.2) is 0 Å². The van der Waals surface area contributed by atoms with Gasteiger partial charge in [-0.05, 0) is 18.6 Å². The van der Waals surface area contributed by atoms with Gasteiger partial charge in [0.2, 0.25) is 5.91 Å². The Balaban J connectivity index is 1.58. The molecular weight excluding hydrogens is 304 g/mol. The zero-order valence-corrected chi connectivity index (χ0v) is 12.3. The van der Waals surface area contributed by atoms with Crippen molar-refractivity contribution in [1.82, 2.24) is 10.2 Å². The quantitative estimate of drug-likeness (QED) is 0.584. The van der Waals surface area contributed by atoms with Crippen LogP contribution in [0.3, 0.4) is 0 Å². The largest absolute Gasteiger partial charge is 0.507 e. The van der Waals surface area contributed by atoms with Crippen LogP contribution in [0.2, 0.25) is 0 Å². The number of nitrogens with zero attached hydrogens (tertiary/aromatic N) is 1. The average molecular weight is 322 g/mol. The van der Waals surface area contributed by atoms with Gasteiger partial charge in [-0.3, -0.25) is 4.79 Å². The van der Waals surface area contributed by atoms with E-state index in [0.717, 1.165) is 0 Å². The highest BCUT2D eigenvalue weighted by Crippen LogP contribution is 2.29. The van der Waals surface area contributed by atoms with Crippen LogP contribution in [0.4, 0.5) is 0 Å². The van der Waals surface area contributed by atoms with Crippen molar-refractivity contribution in [1.29, 1.82) is 0 Å². The number of carboxylic acid groups (broad SMARTS) is 1. The summed E-state index contributed by atoms with van der Waals surface area (Å²) in [5, 5.41) is 31.1. The van der Waals surface area contributed by atoms with Gasteiger partial charge in [-0.1, -0.05) is 6.07 Å². The lowest BCUT2D eigenvalue weighted by atomic mass is 10.1. The molecule has 0 spiro atoms. The van der Waals surface area contributed by atoms with E-state index in [-0.39, 0.29) is 35.1 Å². The van der Waals surface area contributed by atoms with E-state index < -0.39 is 12.1 Å². The van der Waals surface area contributed by atoms with Crippen molar-refractivity contribution in [3.63, 3.8) is 0 Å². The Morgan fingerprint density at radius 2 is 2.04 bits per heavy atom. The number of phenols is 1. The first-order chi connectivity index (χ1) is 11.0. The minimum absolute atomic E-state index is 0.0870. The van der Waals surface area contributed by atoms with Gasteiger partial charge >= 0.3 is 5.97 Å². The second kappa shape index (κ2) is 6.05. The number of amides is 1. The van der Waals surface area contributed by atoms with Gasteiger partial charge in [0.25, 0.3) is 0 Å². The van der Waals surface area contributed by atoms with E-state index in [1.165, 1.54) is 18.2 Å². The fraction of sp³-hybridized carbons (Fsp3) is 0.467. The lowest BCUT2D eigenvalue weighted by Gasteiger charge is -2.40. The van der Waals surface area contributed by atoms with E-state index in [1.807, 2.05) is 0 Å². The van der Waals surface area contributed by atoms with Crippen molar-refractivity contribution in [3.8, 4) is 11.5 Å². The lowest BCUT2D eigenvalue weighted by Crippen LogP contribution is -2.59. The number of aliphatic hydroxyl groups is 1. The Morgan fingerprint density at radius 3 is 2.65 bits per heavy atom. The van der Waals surface area contributed by atoms with E-state index in [1.54, 1.807) is 4.90 Å². The topological polar surface area (TPSA) is 119 Å². The molecule has 4 N–H and O–H groups in total. The van der Waals surface area contributed by atoms with Gasteiger partial charge in [-0.15, -0.1) is 0 Å². The molecule has 0 aromatic heterocycles. The van der Waals surface area contributed by atoms with Crippen LogP contribution < -0.4 is 10.1 Å². The van der Waals surface area contributed by atoms with Crippen LogP contribution in [0.25, 0.3) is 0 Å². The van der Waals surface area contributed by atoms with Crippen LogP contribution in [-0.4, -0.2) is 70.0 Å². The molecule has 8 nitrogen and oxygen atoms in total. The number of likely N-dealkylation sites (tertiary alicyclic amines) is 1. The predicted molar refractivity (Wildman–Crippen MR) is 78.5 cm³/mol. The van der Waals surface area contributed by atoms with Crippen molar-refractivity contribution < 1.29 is 29.6 Å². The monoisotopic (exact) mass is 322 g/mol.